The van der Waals surface area contributed by atoms with Crippen LogP contribution in [0.15, 0.2) is 17.8 Å². The van der Waals surface area contributed by atoms with Crippen molar-refractivity contribution in [3.05, 3.63) is 39.9 Å². The Labute approximate surface area is 121 Å². The van der Waals surface area contributed by atoms with Crippen molar-refractivity contribution in [2.45, 2.75) is 26.2 Å². The summed E-state index contributed by atoms with van der Waals surface area (Å²) in [6.45, 7) is 5.41. The third-order valence-electron chi connectivity index (χ3n) is 3.48. The third-order valence-corrected chi connectivity index (χ3v) is 4.24. The molecule has 0 aromatic carbocycles. The zero-order valence-corrected chi connectivity index (χ0v) is 12.4. The van der Waals surface area contributed by atoms with Gasteiger partial charge in [0.25, 0.3) is 5.91 Å². The molecule has 3 heterocycles. The van der Waals surface area contributed by atoms with Gasteiger partial charge in [-0.3, -0.25) is 9.78 Å². The van der Waals surface area contributed by atoms with Gasteiger partial charge in [-0.05, 0) is 26.3 Å². The summed E-state index contributed by atoms with van der Waals surface area (Å²) in [5, 5.41) is 0. The van der Waals surface area contributed by atoms with Crippen LogP contribution in [-0.4, -0.2) is 38.8 Å². The van der Waals surface area contributed by atoms with Crippen molar-refractivity contribution in [3.8, 4) is 0 Å². The molecule has 5 nitrogen and oxygen atoms in total. The lowest BCUT2D eigenvalue weighted by atomic mass is 10.1. The summed E-state index contributed by atoms with van der Waals surface area (Å²) in [7, 11) is 0. The highest BCUT2D eigenvalue weighted by Gasteiger charge is 2.30. The summed E-state index contributed by atoms with van der Waals surface area (Å²) in [5.74, 6) is 1.17. The van der Waals surface area contributed by atoms with E-state index in [9.17, 15) is 4.79 Å². The SMILES string of the molecule is Cc1cc(C)nc(C2CCN(C(=O)c3cncs3)C2)n1. The van der Waals surface area contributed by atoms with Crippen molar-refractivity contribution >= 4 is 17.2 Å². The maximum Gasteiger partial charge on any atom is 0.265 e. The van der Waals surface area contributed by atoms with E-state index in [1.165, 1.54) is 11.3 Å². The van der Waals surface area contributed by atoms with Crippen LogP contribution in [0.25, 0.3) is 0 Å². The lowest BCUT2D eigenvalue weighted by Gasteiger charge is -2.15. The lowest BCUT2D eigenvalue weighted by molar-refractivity contribution is 0.0795. The van der Waals surface area contributed by atoms with E-state index in [0.29, 0.717) is 11.4 Å². The van der Waals surface area contributed by atoms with E-state index >= 15 is 0 Å². The molecule has 3 rings (SSSR count). The Bertz CT molecular complexity index is 606. The smallest absolute Gasteiger partial charge is 0.265 e. The maximum atomic E-state index is 12.3. The maximum absolute atomic E-state index is 12.3. The first-order chi connectivity index (χ1) is 9.63. The molecule has 104 valence electrons. The number of aryl methyl sites for hydroxylation is 2. The van der Waals surface area contributed by atoms with E-state index in [0.717, 1.165) is 30.2 Å². The Kier molecular flexibility index (Phi) is 3.48. The Morgan fingerprint density at radius 3 is 2.75 bits per heavy atom. The molecular formula is C14H16N4OS. The molecule has 2 aromatic rings. The van der Waals surface area contributed by atoms with E-state index < -0.39 is 0 Å². The lowest BCUT2D eigenvalue weighted by Crippen LogP contribution is -2.28. The second-order valence-electron chi connectivity index (χ2n) is 5.11. The summed E-state index contributed by atoms with van der Waals surface area (Å²) in [6, 6.07) is 1.97. The second-order valence-corrected chi connectivity index (χ2v) is 6.00. The molecule has 1 aliphatic rings. The predicted molar refractivity (Wildman–Crippen MR) is 76.9 cm³/mol. The Hall–Kier alpha value is -1.82. The molecule has 0 bridgehead atoms. The highest BCUT2D eigenvalue weighted by atomic mass is 32.1. The third kappa shape index (κ3) is 2.56. The largest absolute Gasteiger partial charge is 0.337 e. The molecule has 1 fully saturated rings. The Morgan fingerprint density at radius 1 is 1.35 bits per heavy atom. The normalized spacial score (nSPS) is 18.5. The number of carbonyl (C=O) groups excluding carboxylic acids is 1. The van der Waals surface area contributed by atoms with Crippen molar-refractivity contribution in [1.82, 2.24) is 19.9 Å². The van der Waals surface area contributed by atoms with Crippen LogP contribution < -0.4 is 0 Å². The number of hydrogen-bond acceptors (Lipinski definition) is 5. The molecule has 2 aromatic heterocycles. The fourth-order valence-electron chi connectivity index (χ4n) is 2.57. The first-order valence-corrected chi connectivity index (χ1v) is 7.51. The molecule has 0 radical (unpaired) electrons. The number of nitrogens with zero attached hydrogens (tertiary/aromatic N) is 4. The topological polar surface area (TPSA) is 59.0 Å². The Morgan fingerprint density at radius 2 is 2.10 bits per heavy atom. The van der Waals surface area contributed by atoms with Crippen molar-refractivity contribution in [3.63, 3.8) is 0 Å². The minimum Gasteiger partial charge on any atom is -0.337 e. The molecule has 20 heavy (non-hydrogen) atoms. The first kappa shape index (κ1) is 13.2. The molecular weight excluding hydrogens is 272 g/mol. The Balaban J connectivity index is 1.75. The van der Waals surface area contributed by atoms with Gasteiger partial charge in [-0.15, -0.1) is 11.3 Å². The monoisotopic (exact) mass is 288 g/mol. The molecule has 1 unspecified atom stereocenters. The van der Waals surface area contributed by atoms with Gasteiger partial charge in [-0.2, -0.15) is 0 Å². The van der Waals surface area contributed by atoms with Gasteiger partial charge in [0.05, 0.1) is 11.7 Å². The summed E-state index contributed by atoms with van der Waals surface area (Å²) in [6.07, 6.45) is 2.56. The van der Waals surface area contributed by atoms with Crippen LogP contribution in [0.4, 0.5) is 0 Å². The van der Waals surface area contributed by atoms with E-state index in [4.69, 9.17) is 0 Å². The zero-order valence-electron chi connectivity index (χ0n) is 11.5. The molecule has 1 aliphatic heterocycles. The van der Waals surface area contributed by atoms with Crippen LogP contribution >= 0.6 is 11.3 Å². The number of aromatic nitrogens is 3. The highest BCUT2D eigenvalue weighted by molar-refractivity contribution is 7.11. The molecule has 0 aliphatic carbocycles. The summed E-state index contributed by atoms with van der Waals surface area (Å²) in [5.41, 5.74) is 3.66. The van der Waals surface area contributed by atoms with Gasteiger partial charge in [0.2, 0.25) is 0 Å². The summed E-state index contributed by atoms with van der Waals surface area (Å²) in [4.78, 5) is 27.8. The molecule has 1 atom stereocenters. The highest BCUT2D eigenvalue weighted by Crippen LogP contribution is 2.26. The average molecular weight is 288 g/mol. The fraction of sp³-hybridized carbons (Fsp3) is 0.429. The number of thiazole rings is 1. The van der Waals surface area contributed by atoms with Crippen LogP contribution in [0, 0.1) is 13.8 Å². The summed E-state index contributed by atoms with van der Waals surface area (Å²) < 4.78 is 0. The molecule has 0 N–H and O–H groups in total. The van der Waals surface area contributed by atoms with Gasteiger partial charge >= 0.3 is 0 Å². The number of amides is 1. The fourth-order valence-corrected chi connectivity index (χ4v) is 3.16. The van der Waals surface area contributed by atoms with Gasteiger partial charge in [0.1, 0.15) is 10.7 Å². The standard InChI is InChI=1S/C14H16N4OS/c1-9-5-10(2)17-13(16-9)11-3-4-18(7-11)14(19)12-6-15-8-20-12/h5-6,8,11H,3-4,7H2,1-2H3. The van der Waals surface area contributed by atoms with Crippen molar-refractivity contribution in [2.24, 2.45) is 0 Å². The van der Waals surface area contributed by atoms with Crippen LogP contribution in [-0.2, 0) is 0 Å². The van der Waals surface area contributed by atoms with Gasteiger partial charge in [-0.25, -0.2) is 9.97 Å². The minimum absolute atomic E-state index is 0.0689. The molecule has 0 spiro atoms. The minimum atomic E-state index is 0.0689. The zero-order chi connectivity index (χ0) is 14.1. The molecule has 6 heteroatoms. The van der Waals surface area contributed by atoms with E-state index in [2.05, 4.69) is 15.0 Å². The van der Waals surface area contributed by atoms with E-state index in [1.807, 2.05) is 24.8 Å². The van der Waals surface area contributed by atoms with E-state index in [-0.39, 0.29) is 11.8 Å². The van der Waals surface area contributed by atoms with Crippen LogP contribution in [0.1, 0.15) is 39.2 Å². The number of carbonyl (C=O) groups is 1. The van der Waals surface area contributed by atoms with Gasteiger partial charge in [0.15, 0.2) is 0 Å². The van der Waals surface area contributed by atoms with Gasteiger partial charge in [-0.1, -0.05) is 0 Å². The van der Waals surface area contributed by atoms with Gasteiger partial charge in [0, 0.05) is 30.4 Å². The molecule has 0 saturated carbocycles. The second kappa shape index (κ2) is 5.28. The van der Waals surface area contributed by atoms with E-state index in [1.54, 1.807) is 11.7 Å². The number of hydrogen-bond donors (Lipinski definition) is 0. The van der Waals surface area contributed by atoms with Gasteiger partial charge < -0.3 is 4.90 Å². The number of likely N-dealkylation sites (tertiary alicyclic amines) is 1. The van der Waals surface area contributed by atoms with Crippen molar-refractivity contribution < 1.29 is 4.79 Å². The molecule has 1 saturated heterocycles. The van der Waals surface area contributed by atoms with Crippen LogP contribution in [0.3, 0.4) is 0 Å². The quantitative estimate of drug-likeness (QED) is 0.850. The predicted octanol–water partition coefficient (Wildman–Crippen LogP) is 2.18. The van der Waals surface area contributed by atoms with Crippen LogP contribution in [0.5, 0.6) is 0 Å². The average Bonchev–Trinajstić information content (AvgIpc) is 3.09. The number of rotatable bonds is 2. The van der Waals surface area contributed by atoms with Crippen molar-refractivity contribution in [2.75, 3.05) is 13.1 Å². The first-order valence-electron chi connectivity index (χ1n) is 6.63. The molecule has 1 amide bonds. The van der Waals surface area contributed by atoms with Crippen molar-refractivity contribution in [1.29, 1.82) is 0 Å². The summed E-state index contributed by atoms with van der Waals surface area (Å²) >= 11 is 1.39. The van der Waals surface area contributed by atoms with Crippen LogP contribution in [0.2, 0.25) is 0 Å².